The molecule has 0 saturated heterocycles. The Morgan fingerprint density at radius 1 is 1.37 bits per heavy atom. The molecular formula is C13H24N2O3S. The van der Waals surface area contributed by atoms with Gasteiger partial charge in [0.05, 0.1) is 18.0 Å². The van der Waals surface area contributed by atoms with Gasteiger partial charge in [-0.1, -0.05) is 19.3 Å². The van der Waals surface area contributed by atoms with Crippen molar-refractivity contribution >= 4 is 23.6 Å². The quantitative estimate of drug-likeness (QED) is 0.658. The minimum Gasteiger partial charge on any atom is -0.481 e. The summed E-state index contributed by atoms with van der Waals surface area (Å²) in [5.74, 6) is -0.238. The third-order valence-electron chi connectivity index (χ3n) is 3.66. The second kappa shape index (κ2) is 7.75. The van der Waals surface area contributed by atoms with Crippen molar-refractivity contribution in [2.24, 2.45) is 5.73 Å². The lowest BCUT2D eigenvalue weighted by atomic mass is 9.79. The van der Waals surface area contributed by atoms with E-state index in [0.29, 0.717) is 6.42 Å². The number of amides is 1. The van der Waals surface area contributed by atoms with Gasteiger partial charge in [0.2, 0.25) is 5.91 Å². The lowest BCUT2D eigenvalue weighted by Gasteiger charge is -2.37. The van der Waals surface area contributed by atoms with E-state index < -0.39 is 17.6 Å². The minimum absolute atomic E-state index is 0.00596. The van der Waals surface area contributed by atoms with Gasteiger partial charge in [0.15, 0.2) is 0 Å². The second-order valence-corrected chi connectivity index (χ2v) is 6.27. The summed E-state index contributed by atoms with van der Waals surface area (Å²) in [4.78, 5) is 23.1. The molecule has 6 heteroatoms. The van der Waals surface area contributed by atoms with Crippen LogP contribution in [0.15, 0.2) is 0 Å². The molecule has 5 nitrogen and oxygen atoms in total. The molecule has 1 aliphatic rings. The second-order valence-electron chi connectivity index (χ2n) is 5.29. The van der Waals surface area contributed by atoms with Crippen LogP contribution in [0.5, 0.6) is 0 Å². The number of carboxylic acid groups (broad SMARTS) is 1. The molecule has 0 unspecified atom stereocenters. The van der Waals surface area contributed by atoms with Gasteiger partial charge in [-0.25, -0.2) is 0 Å². The Labute approximate surface area is 118 Å². The smallest absolute Gasteiger partial charge is 0.305 e. The number of rotatable bonds is 7. The summed E-state index contributed by atoms with van der Waals surface area (Å²) in [5, 5.41) is 12.0. The molecule has 1 aliphatic carbocycles. The van der Waals surface area contributed by atoms with E-state index in [2.05, 4.69) is 5.32 Å². The first-order chi connectivity index (χ1) is 8.99. The van der Waals surface area contributed by atoms with Crippen LogP contribution in [0.3, 0.4) is 0 Å². The first-order valence-corrected chi connectivity index (χ1v) is 8.17. The molecule has 0 heterocycles. The average Bonchev–Trinajstić information content (AvgIpc) is 2.35. The predicted octanol–water partition coefficient (Wildman–Crippen LogP) is 1.36. The van der Waals surface area contributed by atoms with Crippen LogP contribution >= 0.6 is 11.8 Å². The SMILES string of the molecule is CSCC[C@H](N)C(=O)NC1(CC(=O)O)CCCCC1. The van der Waals surface area contributed by atoms with E-state index in [1.807, 2.05) is 6.26 Å². The van der Waals surface area contributed by atoms with E-state index in [0.717, 1.165) is 37.9 Å². The molecule has 19 heavy (non-hydrogen) atoms. The van der Waals surface area contributed by atoms with Crippen LogP contribution in [-0.4, -0.2) is 40.6 Å². The van der Waals surface area contributed by atoms with Crippen molar-refractivity contribution in [1.82, 2.24) is 5.32 Å². The van der Waals surface area contributed by atoms with Crippen molar-refractivity contribution in [3.8, 4) is 0 Å². The van der Waals surface area contributed by atoms with Crippen molar-refractivity contribution in [2.45, 2.75) is 56.5 Å². The molecule has 110 valence electrons. The zero-order valence-electron chi connectivity index (χ0n) is 11.5. The standard InChI is InChI=1S/C13H24N2O3S/c1-19-8-5-10(14)12(18)15-13(9-11(16)17)6-3-2-4-7-13/h10H,2-9,14H2,1H3,(H,15,18)(H,16,17)/t10-/m0/s1. The van der Waals surface area contributed by atoms with Crippen LogP contribution < -0.4 is 11.1 Å². The van der Waals surface area contributed by atoms with Crippen LogP contribution in [0.25, 0.3) is 0 Å². The molecule has 0 bridgehead atoms. The molecule has 1 fully saturated rings. The first kappa shape index (κ1) is 16.3. The van der Waals surface area contributed by atoms with Gasteiger partial charge in [0, 0.05) is 0 Å². The molecule has 0 aromatic heterocycles. The van der Waals surface area contributed by atoms with Gasteiger partial charge in [-0.2, -0.15) is 11.8 Å². The Morgan fingerprint density at radius 2 is 2.00 bits per heavy atom. The van der Waals surface area contributed by atoms with Gasteiger partial charge in [-0.15, -0.1) is 0 Å². The maximum absolute atomic E-state index is 12.1. The Kier molecular flexibility index (Phi) is 6.65. The Bertz CT molecular complexity index is 317. The van der Waals surface area contributed by atoms with Crippen molar-refractivity contribution in [3.05, 3.63) is 0 Å². The summed E-state index contributed by atoms with van der Waals surface area (Å²) >= 11 is 1.65. The maximum atomic E-state index is 12.1. The maximum Gasteiger partial charge on any atom is 0.305 e. The molecule has 0 aromatic rings. The molecule has 1 atom stereocenters. The number of thioether (sulfide) groups is 1. The van der Waals surface area contributed by atoms with Crippen LogP contribution in [0.4, 0.5) is 0 Å². The summed E-state index contributed by atoms with van der Waals surface area (Å²) < 4.78 is 0. The highest BCUT2D eigenvalue weighted by atomic mass is 32.2. The van der Waals surface area contributed by atoms with Crippen LogP contribution in [0.2, 0.25) is 0 Å². The first-order valence-electron chi connectivity index (χ1n) is 6.77. The largest absolute Gasteiger partial charge is 0.481 e. The van der Waals surface area contributed by atoms with Gasteiger partial charge >= 0.3 is 5.97 Å². The average molecular weight is 288 g/mol. The van der Waals surface area contributed by atoms with Crippen LogP contribution in [0, 0.1) is 0 Å². The molecule has 1 rings (SSSR count). The highest BCUT2D eigenvalue weighted by Crippen LogP contribution is 2.31. The van der Waals surface area contributed by atoms with Crippen molar-refractivity contribution in [3.63, 3.8) is 0 Å². The van der Waals surface area contributed by atoms with E-state index in [1.54, 1.807) is 11.8 Å². The fourth-order valence-electron chi connectivity index (χ4n) is 2.59. The Morgan fingerprint density at radius 3 is 2.53 bits per heavy atom. The predicted molar refractivity (Wildman–Crippen MR) is 77.2 cm³/mol. The third-order valence-corrected chi connectivity index (χ3v) is 4.30. The van der Waals surface area contributed by atoms with Gasteiger partial charge in [0.1, 0.15) is 0 Å². The van der Waals surface area contributed by atoms with Gasteiger partial charge < -0.3 is 16.2 Å². The molecule has 4 N–H and O–H groups in total. The van der Waals surface area contributed by atoms with E-state index in [9.17, 15) is 9.59 Å². The number of carbonyl (C=O) groups excluding carboxylic acids is 1. The lowest BCUT2D eigenvalue weighted by Crippen LogP contribution is -2.55. The number of hydrogen-bond donors (Lipinski definition) is 3. The molecule has 1 saturated carbocycles. The molecule has 0 aromatic carbocycles. The van der Waals surface area contributed by atoms with E-state index in [1.165, 1.54) is 0 Å². The summed E-state index contributed by atoms with van der Waals surface area (Å²) in [5.41, 5.74) is 5.25. The summed E-state index contributed by atoms with van der Waals surface area (Å²) in [6.07, 6.45) is 7.10. The number of nitrogens with one attached hydrogen (secondary N) is 1. The highest BCUT2D eigenvalue weighted by molar-refractivity contribution is 7.98. The fraction of sp³-hybridized carbons (Fsp3) is 0.846. The monoisotopic (exact) mass is 288 g/mol. The third kappa shape index (κ3) is 5.40. The van der Waals surface area contributed by atoms with Gasteiger partial charge in [-0.05, 0) is 31.3 Å². The zero-order chi connectivity index (χ0) is 14.3. The van der Waals surface area contributed by atoms with Crippen LogP contribution in [-0.2, 0) is 9.59 Å². The zero-order valence-corrected chi connectivity index (χ0v) is 12.3. The van der Waals surface area contributed by atoms with Crippen molar-refractivity contribution in [2.75, 3.05) is 12.0 Å². The van der Waals surface area contributed by atoms with Crippen molar-refractivity contribution < 1.29 is 14.7 Å². The topological polar surface area (TPSA) is 92.4 Å². The van der Waals surface area contributed by atoms with E-state index in [-0.39, 0.29) is 12.3 Å². The molecule has 1 amide bonds. The number of carboxylic acids is 1. The fourth-order valence-corrected chi connectivity index (χ4v) is 3.08. The van der Waals surface area contributed by atoms with E-state index in [4.69, 9.17) is 10.8 Å². The highest BCUT2D eigenvalue weighted by Gasteiger charge is 2.36. The summed E-state index contributed by atoms with van der Waals surface area (Å²) in [6.45, 7) is 0. The number of hydrogen-bond acceptors (Lipinski definition) is 4. The van der Waals surface area contributed by atoms with Crippen LogP contribution in [0.1, 0.15) is 44.9 Å². The van der Waals surface area contributed by atoms with Gasteiger partial charge in [0.25, 0.3) is 0 Å². The number of nitrogens with two attached hydrogens (primary N) is 1. The Balaban J connectivity index is 2.61. The number of carbonyl (C=O) groups is 2. The summed E-state index contributed by atoms with van der Waals surface area (Å²) in [7, 11) is 0. The molecule has 0 spiro atoms. The molecule has 0 radical (unpaired) electrons. The van der Waals surface area contributed by atoms with E-state index >= 15 is 0 Å². The molecule has 0 aliphatic heterocycles. The normalized spacial score (nSPS) is 19.7. The Hall–Kier alpha value is -0.750. The minimum atomic E-state index is -0.861. The van der Waals surface area contributed by atoms with Gasteiger partial charge in [-0.3, -0.25) is 9.59 Å². The molecular weight excluding hydrogens is 264 g/mol. The number of aliphatic carboxylic acids is 1. The van der Waals surface area contributed by atoms with Crippen molar-refractivity contribution in [1.29, 1.82) is 0 Å². The lowest BCUT2D eigenvalue weighted by molar-refractivity contribution is -0.139. The summed E-state index contributed by atoms with van der Waals surface area (Å²) in [6, 6.07) is -0.542.